The number of nitrogens with zero attached hydrogens (tertiary/aromatic N) is 4. The molecule has 0 aliphatic carbocycles. The maximum absolute atomic E-state index is 6.58. The highest BCUT2D eigenvalue weighted by atomic mass is 16.5. The molecule has 0 atom stereocenters. The van der Waals surface area contributed by atoms with Crippen LogP contribution in [0.25, 0.3) is 39.1 Å². The summed E-state index contributed by atoms with van der Waals surface area (Å²) in [6, 6.07) is 46.0. The molecular weight excluding hydrogens is 601 g/mol. The van der Waals surface area contributed by atoms with Gasteiger partial charge >= 0.3 is 0 Å². The molecule has 0 bridgehead atoms. The first-order valence-electron chi connectivity index (χ1n) is 16.8. The lowest BCUT2D eigenvalue weighted by atomic mass is 9.86. The zero-order valence-electron chi connectivity index (χ0n) is 29.1. The number of rotatable bonds is 5. The number of hydrogen-bond acceptors (Lipinski definition) is 2. The number of para-hydroxylation sites is 4. The van der Waals surface area contributed by atoms with Crippen molar-refractivity contribution < 1.29 is 9.30 Å². The molecule has 0 spiro atoms. The van der Waals surface area contributed by atoms with Gasteiger partial charge in [0.2, 0.25) is 0 Å². The molecule has 244 valence electrons. The summed E-state index contributed by atoms with van der Waals surface area (Å²) in [5.41, 5.74) is 7.73. The average molecular weight is 643 g/mol. The zero-order chi connectivity index (χ0) is 34.2. The summed E-state index contributed by atoms with van der Waals surface area (Å²) in [5, 5.41) is 1.09. The van der Waals surface area contributed by atoms with Gasteiger partial charge in [-0.3, -0.25) is 9.13 Å². The van der Waals surface area contributed by atoms with Crippen LogP contribution in [0, 0.1) is 6.33 Å². The summed E-state index contributed by atoms with van der Waals surface area (Å²) in [6.45, 7) is 13.4. The Labute approximate surface area is 289 Å². The van der Waals surface area contributed by atoms with Crippen LogP contribution in [0.2, 0.25) is 0 Å². The van der Waals surface area contributed by atoms with Gasteiger partial charge in [0.25, 0.3) is 6.33 Å². The highest BCUT2D eigenvalue weighted by Gasteiger charge is 2.21. The fourth-order valence-electron chi connectivity index (χ4n) is 6.22. The molecule has 3 heterocycles. The van der Waals surface area contributed by atoms with E-state index in [0.29, 0.717) is 5.75 Å². The van der Waals surface area contributed by atoms with Crippen LogP contribution in [0.15, 0.2) is 146 Å². The van der Waals surface area contributed by atoms with Crippen molar-refractivity contribution in [3.05, 3.63) is 163 Å². The van der Waals surface area contributed by atoms with E-state index in [1.807, 2.05) is 42.7 Å². The quantitative estimate of drug-likeness (QED) is 0.138. The van der Waals surface area contributed by atoms with Gasteiger partial charge in [-0.25, -0.2) is 4.98 Å². The Morgan fingerprint density at radius 3 is 2.14 bits per heavy atom. The largest absolute Gasteiger partial charge is 0.458 e. The van der Waals surface area contributed by atoms with Crippen LogP contribution >= 0.6 is 0 Å². The summed E-state index contributed by atoms with van der Waals surface area (Å²) in [5.74, 6) is 2.28. The van der Waals surface area contributed by atoms with E-state index in [1.165, 1.54) is 11.1 Å². The van der Waals surface area contributed by atoms with Crippen LogP contribution in [0.4, 0.5) is 0 Å². The van der Waals surface area contributed by atoms with Gasteiger partial charge in [0, 0.05) is 12.4 Å². The molecular formula is C44H42N4O. The Balaban J connectivity index is 1.31. The van der Waals surface area contributed by atoms with Crippen molar-refractivity contribution >= 4 is 21.9 Å². The number of imidazole rings is 1. The van der Waals surface area contributed by atoms with Crippen molar-refractivity contribution in [2.45, 2.75) is 52.4 Å². The normalized spacial score (nSPS) is 11.9. The first kappa shape index (κ1) is 31.9. The molecule has 49 heavy (non-hydrogen) atoms. The van der Waals surface area contributed by atoms with E-state index >= 15 is 0 Å². The summed E-state index contributed by atoms with van der Waals surface area (Å²) in [7, 11) is 0. The third-order valence-corrected chi connectivity index (χ3v) is 8.81. The summed E-state index contributed by atoms with van der Waals surface area (Å²) < 4.78 is 13.0. The molecule has 0 radical (unpaired) electrons. The zero-order valence-corrected chi connectivity index (χ0v) is 29.1. The van der Waals surface area contributed by atoms with E-state index in [9.17, 15) is 0 Å². The van der Waals surface area contributed by atoms with E-state index < -0.39 is 0 Å². The number of ether oxygens (including phenoxy) is 1. The van der Waals surface area contributed by atoms with Crippen LogP contribution in [-0.2, 0) is 10.8 Å². The molecule has 0 unspecified atom stereocenters. The number of aromatic nitrogens is 4. The summed E-state index contributed by atoms with van der Waals surface area (Å²) >= 11 is 0. The average Bonchev–Trinajstić information content (AvgIpc) is 3.51. The number of benzene rings is 4. The van der Waals surface area contributed by atoms with Crippen LogP contribution in [0.5, 0.6) is 11.5 Å². The number of pyridine rings is 1. The summed E-state index contributed by atoms with van der Waals surface area (Å²) in [4.78, 5) is 4.78. The van der Waals surface area contributed by atoms with Gasteiger partial charge in [-0.2, -0.15) is 0 Å². The Morgan fingerprint density at radius 2 is 1.33 bits per heavy atom. The van der Waals surface area contributed by atoms with Gasteiger partial charge in [-0.15, -0.1) is 0 Å². The highest BCUT2D eigenvalue weighted by molar-refractivity contribution is 5.79. The van der Waals surface area contributed by atoms with E-state index in [0.717, 1.165) is 44.9 Å². The lowest BCUT2D eigenvalue weighted by Gasteiger charge is -2.23. The molecule has 5 heteroatoms. The van der Waals surface area contributed by atoms with Crippen LogP contribution in [0.1, 0.15) is 52.7 Å². The second kappa shape index (κ2) is 12.7. The molecule has 7 aromatic rings. The molecule has 3 aromatic heterocycles. The van der Waals surface area contributed by atoms with Crippen molar-refractivity contribution in [3.8, 4) is 28.7 Å². The molecule has 7 rings (SSSR count). The topological polar surface area (TPSA) is 35.9 Å². The van der Waals surface area contributed by atoms with E-state index in [2.05, 4.69) is 165 Å². The van der Waals surface area contributed by atoms with Crippen molar-refractivity contribution in [3.63, 3.8) is 0 Å². The predicted molar refractivity (Wildman–Crippen MR) is 200 cm³/mol. The Hall–Kier alpha value is -5.68. The SMILES string of the molecule is CC(C)(C)c1ccnc(-n2ccc(Oc3cccc(-n4[c-][n+](-c5ccccc5C(C)(C)C)c5ccccc54)c3)cccc3ccccc32)c1. The standard InChI is InChI=1S/C44H42N4O/c1-43(2,3)33-25-27-45-42(29-33)46-28-26-35(18-13-16-32-15-7-9-21-38(32)46)49-36-19-14-17-34(30-36)47-31-48(41-24-12-11-23-40(41)47)39-22-10-8-20-37(39)44(4,5)6/h7-30H,1-6H3. The minimum Gasteiger partial charge on any atom is -0.458 e. The van der Waals surface area contributed by atoms with Crippen LogP contribution in [0.3, 0.4) is 0 Å². The smallest absolute Gasteiger partial charge is 0.269 e. The van der Waals surface area contributed by atoms with Gasteiger partial charge in [-0.05, 0) is 81.9 Å². The molecule has 0 saturated carbocycles. The second-order valence-electron chi connectivity index (χ2n) is 14.5. The Kier molecular flexibility index (Phi) is 8.29. The molecule has 0 aliphatic heterocycles. The first-order chi connectivity index (χ1) is 23.6. The third-order valence-electron chi connectivity index (χ3n) is 8.81. The van der Waals surface area contributed by atoms with Crippen molar-refractivity contribution in [1.29, 1.82) is 0 Å². The second-order valence-corrected chi connectivity index (χ2v) is 14.5. The fraction of sp³-hybridized carbons (Fsp3) is 0.182. The molecule has 4 aromatic carbocycles. The van der Waals surface area contributed by atoms with Gasteiger partial charge in [0.15, 0.2) is 0 Å². The number of fused-ring (bicyclic) bond motifs is 2. The van der Waals surface area contributed by atoms with Gasteiger partial charge in [-0.1, -0.05) is 120 Å². The third kappa shape index (κ3) is 6.57. The van der Waals surface area contributed by atoms with Gasteiger partial charge < -0.3 is 9.30 Å². The van der Waals surface area contributed by atoms with Crippen LogP contribution in [-0.4, -0.2) is 14.1 Å². The minimum absolute atomic E-state index is 0.00262. The molecule has 0 aliphatic rings. The molecule has 0 N–H and O–H groups in total. The van der Waals surface area contributed by atoms with Crippen molar-refractivity contribution in [2.24, 2.45) is 0 Å². The molecule has 0 amide bonds. The van der Waals surface area contributed by atoms with Crippen molar-refractivity contribution in [2.75, 3.05) is 0 Å². The van der Waals surface area contributed by atoms with Crippen molar-refractivity contribution in [1.82, 2.24) is 14.1 Å². The lowest BCUT2D eigenvalue weighted by molar-refractivity contribution is -0.573. The fourth-order valence-corrected chi connectivity index (χ4v) is 6.22. The van der Waals surface area contributed by atoms with Gasteiger partial charge in [0.1, 0.15) is 17.3 Å². The number of hydrogen-bond donors (Lipinski definition) is 0. The minimum atomic E-state index is -0.0248. The van der Waals surface area contributed by atoms with E-state index in [-0.39, 0.29) is 10.8 Å². The summed E-state index contributed by atoms with van der Waals surface area (Å²) in [6.07, 6.45) is 7.60. The molecule has 5 nitrogen and oxygen atoms in total. The van der Waals surface area contributed by atoms with E-state index in [1.54, 1.807) is 0 Å². The Bertz CT molecular complexity index is 2350. The lowest BCUT2D eigenvalue weighted by Crippen LogP contribution is -2.33. The van der Waals surface area contributed by atoms with Gasteiger partial charge in [0.05, 0.1) is 27.9 Å². The molecule has 0 saturated heterocycles. The van der Waals surface area contributed by atoms with E-state index in [4.69, 9.17) is 9.72 Å². The monoisotopic (exact) mass is 642 g/mol. The molecule has 0 fully saturated rings. The highest BCUT2D eigenvalue weighted by Crippen LogP contribution is 2.30. The first-order valence-corrected chi connectivity index (χ1v) is 16.8. The Morgan fingerprint density at radius 1 is 0.633 bits per heavy atom. The predicted octanol–water partition coefficient (Wildman–Crippen LogP) is 10.6. The maximum atomic E-state index is 6.58. The maximum Gasteiger partial charge on any atom is 0.269 e. The van der Waals surface area contributed by atoms with Crippen LogP contribution < -0.4 is 9.30 Å².